The van der Waals surface area contributed by atoms with E-state index in [9.17, 15) is 30.3 Å². The first-order valence-corrected chi connectivity index (χ1v) is 20.2. The van der Waals surface area contributed by atoms with Crippen LogP contribution < -0.4 is 5.32 Å². The number of nitrogens with one attached hydrogen (secondary N) is 1. The van der Waals surface area contributed by atoms with E-state index in [1.165, 1.54) is 14.0 Å². The lowest BCUT2D eigenvalue weighted by atomic mass is 9.72. The lowest BCUT2D eigenvalue weighted by Gasteiger charge is -2.49. The highest BCUT2D eigenvalue weighted by Gasteiger charge is 2.53. The molecule has 3 aliphatic heterocycles. The Kier molecular flexibility index (Phi) is 17.4. The van der Waals surface area contributed by atoms with Gasteiger partial charge in [-0.05, 0) is 80.8 Å². The lowest BCUT2D eigenvalue weighted by molar-refractivity contribution is -0.318. The highest BCUT2D eigenvalue weighted by atomic mass is 16.7. The Hall–Kier alpha value is -1.05. The number of rotatable bonds is 11. The predicted molar refractivity (Wildman–Crippen MR) is 205 cm³/mol. The average molecular weight is 793 g/mol. The van der Waals surface area contributed by atoms with Crippen molar-refractivity contribution >= 4 is 5.97 Å². The molecule has 15 nitrogen and oxygen atoms in total. The van der Waals surface area contributed by atoms with E-state index in [0.29, 0.717) is 19.6 Å². The quantitative estimate of drug-likeness (QED) is 0.131. The zero-order valence-electron chi connectivity index (χ0n) is 35.9. The van der Waals surface area contributed by atoms with Crippen LogP contribution in [0.1, 0.15) is 94.9 Å². The fourth-order valence-electron chi connectivity index (χ4n) is 9.32. The molecule has 0 saturated carbocycles. The van der Waals surface area contributed by atoms with Crippen LogP contribution in [0.3, 0.4) is 0 Å². The number of aliphatic hydroxyl groups is 5. The van der Waals surface area contributed by atoms with E-state index >= 15 is 0 Å². The van der Waals surface area contributed by atoms with Gasteiger partial charge >= 0.3 is 5.97 Å². The van der Waals surface area contributed by atoms with E-state index in [-0.39, 0.29) is 37.3 Å². The molecule has 15 heteroatoms. The largest absolute Gasteiger partial charge is 0.459 e. The summed E-state index contributed by atoms with van der Waals surface area (Å²) in [5.74, 6) is -3.41. The van der Waals surface area contributed by atoms with Crippen LogP contribution in [-0.2, 0) is 38.0 Å². The first-order valence-electron chi connectivity index (χ1n) is 20.2. The summed E-state index contributed by atoms with van der Waals surface area (Å²) in [7, 11) is 6.86. The Balaban J connectivity index is 2.22. The normalized spacial score (nSPS) is 48.3. The minimum Gasteiger partial charge on any atom is -0.459 e. The van der Waals surface area contributed by atoms with E-state index in [4.69, 9.17) is 33.2 Å². The van der Waals surface area contributed by atoms with Crippen molar-refractivity contribution in [3.05, 3.63) is 0 Å². The smallest absolute Gasteiger partial charge is 0.311 e. The fourth-order valence-corrected chi connectivity index (χ4v) is 9.32. The Morgan fingerprint density at radius 2 is 1.55 bits per heavy atom. The maximum atomic E-state index is 14.3. The molecule has 0 bridgehead atoms. The molecular formula is C40H76N2O13. The van der Waals surface area contributed by atoms with Crippen molar-refractivity contribution in [2.24, 2.45) is 23.7 Å². The number of cyclic esters (lactones) is 1. The van der Waals surface area contributed by atoms with Gasteiger partial charge in [-0.1, -0.05) is 27.7 Å². The zero-order valence-corrected chi connectivity index (χ0v) is 35.9. The zero-order chi connectivity index (χ0) is 41.8. The number of carbonyl (C=O) groups excluding carboxylic acids is 1. The first kappa shape index (κ1) is 48.3. The van der Waals surface area contributed by atoms with Gasteiger partial charge in [0.15, 0.2) is 12.6 Å². The van der Waals surface area contributed by atoms with Crippen molar-refractivity contribution in [1.82, 2.24) is 10.2 Å². The van der Waals surface area contributed by atoms with Crippen LogP contribution in [0.15, 0.2) is 0 Å². The van der Waals surface area contributed by atoms with Gasteiger partial charge in [0.2, 0.25) is 0 Å². The number of likely N-dealkylation sites (N-methyl/N-ethyl adjacent to an activating group) is 1. The molecule has 6 N–H and O–H groups in total. The van der Waals surface area contributed by atoms with Crippen molar-refractivity contribution in [2.75, 3.05) is 41.5 Å². The molecule has 0 aromatic carbocycles. The van der Waals surface area contributed by atoms with Crippen LogP contribution in [0.4, 0.5) is 0 Å². The molecule has 0 aliphatic carbocycles. The van der Waals surface area contributed by atoms with Gasteiger partial charge in [-0.25, -0.2) is 0 Å². The molecule has 3 fully saturated rings. The standard InChI is InChI=1S/C40H76N2O13/c1-15-28-40(10,48)33(44)23(4)30(41-16-17-49-13)21(2)19-38(8,47)35(55-37-31(43)27(42(11)12)18-22(3)51-37)24(5)32(25(6)36(46)53-28)54-29-20-39(9,50-14)34(45)26(7)52-29/h21-35,37,41,43-45,47-48H,15-20H2,1-14H3/t21-,22-,23+,24+,25-,26+,27+,28-,29+,30?,31-,32+,33-,34+,35-,37+,38-,39-,40-/m1/s1. The van der Waals surface area contributed by atoms with Gasteiger partial charge in [0.05, 0.1) is 54.2 Å². The summed E-state index contributed by atoms with van der Waals surface area (Å²) in [6.45, 7) is 18.4. The van der Waals surface area contributed by atoms with Crippen molar-refractivity contribution in [1.29, 1.82) is 0 Å². The molecule has 3 rings (SSSR count). The number of carbonyl (C=O) groups is 1. The number of nitrogens with zero attached hydrogens (tertiary/aromatic N) is 1. The summed E-state index contributed by atoms with van der Waals surface area (Å²) in [4.78, 5) is 16.2. The van der Waals surface area contributed by atoms with Crippen molar-refractivity contribution in [2.45, 2.75) is 185 Å². The van der Waals surface area contributed by atoms with E-state index in [0.717, 1.165) is 0 Å². The molecule has 0 aromatic rings. The summed E-state index contributed by atoms with van der Waals surface area (Å²) >= 11 is 0. The van der Waals surface area contributed by atoms with Crippen LogP contribution in [0, 0.1) is 23.7 Å². The van der Waals surface area contributed by atoms with Gasteiger partial charge < -0.3 is 68.9 Å². The van der Waals surface area contributed by atoms with Gasteiger partial charge in [-0.15, -0.1) is 0 Å². The summed E-state index contributed by atoms with van der Waals surface area (Å²) in [5, 5.41) is 62.6. The van der Waals surface area contributed by atoms with Crippen LogP contribution in [0.25, 0.3) is 0 Å². The van der Waals surface area contributed by atoms with Crippen molar-refractivity contribution in [3.8, 4) is 0 Å². The molecule has 0 aromatic heterocycles. The Morgan fingerprint density at radius 1 is 0.909 bits per heavy atom. The average Bonchev–Trinajstić information content (AvgIpc) is 3.11. The number of hydrogen-bond acceptors (Lipinski definition) is 15. The number of esters is 1. The Morgan fingerprint density at radius 3 is 2.11 bits per heavy atom. The third-order valence-electron chi connectivity index (χ3n) is 12.8. The maximum absolute atomic E-state index is 14.3. The highest BCUT2D eigenvalue weighted by Crippen LogP contribution is 2.41. The fraction of sp³-hybridized carbons (Fsp3) is 0.975. The summed E-state index contributed by atoms with van der Waals surface area (Å²) in [6, 6.07) is -0.746. The summed E-state index contributed by atoms with van der Waals surface area (Å²) in [6.07, 6.45) is -8.62. The molecule has 1 unspecified atom stereocenters. The summed E-state index contributed by atoms with van der Waals surface area (Å²) in [5.41, 5.74) is -4.53. The second-order valence-corrected chi connectivity index (χ2v) is 17.7. The Labute approximate surface area is 329 Å². The second kappa shape index (κ2) is 19.8. The topological polar surface area (TPSA) is 198 Å². The minimum atomic E-state index is -1.85. The first-order chi connectivity index (χ1) is 25.5. The van der Waals surface area contributed by atoms with Gasteiger partial charge in [-0.3, -0.25) is 4.79 Å². The van der Waals surface area contributed by atoms with E-state index in [1.54, 1.807) is 41.7 Å². The highest BCUT2D eigenvalue weighted by molar-refractivity contribution is 5.73. The molecule has 324 valence electrons. The number of ether oxygens (including phenoxy) is 7. The minimum absolute atomic E-state index is 0.122. The molecule has 0 amide bonds. The van der Waals surface area contributed by atoms with Crippen LogP contribution >= 0.6 is 0 Å². The number of methoxy groups -OCH3 is 2. The van der Waals surface area contributed by atoms with Crippen LogP contribution in [0.2, 0.25) is 0 Å². The molecule has 19 atom stereocenters. The maximum Gasteiger partial charge on any atom is 0.311 e. The van der Waals surface area contributed by atoms with Gasteiger partial charge in [0.1, 0.15) is 23.9 Å². The molecule has 3 saturated heterocycles. The Bertz CT molecular complexity index is 1190. The predicted octanol–water partition coefficient (Wildman–Crippen LogP) is 1.82. The monoisotopic (exact) mass is 793 g/mol. The molecule has 0 spiro atoms. The second-order valence-electron chi connectivity index (χ2n) is 17.7. The molecule has 0 radical (unpaired) electrons. The van der Waals surface area contributed by atoms with Crippen molar-refractivity contribution in [3.63, 3.8) is 0 Å². The molecule has 55 heavy (non-hydrogen) atoms. The van der Waals surface area contributed by atoms with Gasteiger partial charge in [0, 0.05) is 51.1 Å². The van der Waals surface area contributed by atoms with Crippen LogP contribution in [0.5, 0.6) is 0 Å². The molecule has 3 heterocycles. The third-order valence-corrected chi connectivity index (χ3v) is 12.8. The molecular weight excluding hydrogens is 716 g/mol. The van der Waals surface area contributed by atoms with Crippen LogP contribution in [-0.4, -0.2) is 168 Å². The van der Waals surface area contributed by atoms with E-state index in [2.05, 4.69) is 5.32 Å². The van der Waals surface area contributed by atoms with E-state index < -0.39 is 102 Å². The lowest BCUT2D eigenvalue weighted by Crippen LogP contribution is -2.62. The number of hydrogen-bond donors (Lipinski definition) is 6. The van der Waals surface area contributed by atoms with Gasteiger partial charge in [-0.2, -0.15) is 0 Å². The van der Waals surface area contributed by atoms with Gasteiger partial charge in [0.25, 0.3) is 0 Å². The van der Waals surface area contributed by atoms with E-state index in [1.807, 2.05) is 46.7 Å². The van der Waals surface area contributed by atoms with Crippen molar-refractivity contribution < 1.29 is 63.5 Å². The third kappa shape index (κ3) is 11.2. The number of aliphatic hydroxyl groups excluding tert-OH is 3. The molecule has 3 aliphatic rings. The SMILES string of the molecule is CC[C@H]1OC(=O)[C@H](C)[C@@H](O[C@H]2C[C@@](C)(OC)[C@@H](O)[C@H](C)O2)[C@H](C)[C@@H](O[C@@H]2O[C@H](C)C[C@H](N(C)C)[C@H]2O)[C@](C)(O)C[C@@H](C)C(NCCOC)[C@H](C)[C@@H](O)[C@]1(C)O. The summed E-state index contributed by atoms with van der Waals surface area (Å²) < 4.78 is 43.0.